The summed E-state index contributed by atoms with van der Waals surface area (Å²) in [5.41, 5.74) is 1.51. The molecule has 0 radical (unpaired) electrons. The fraction of sp³-hybridized carbons (Fsp3) is 0.562. The molecule has 2 rings (SSSR count). The molecular formula is C16H23FN2O. The Morgan fingerprint density at radius 2 is 2.05 bits per heavy atom. The van der Waals surface area contributed by atoms with Crippen LogP contribution in [0.15, 0.2) is 18.2 Å². The Hall–Kier alpha value is -1.42. The Kier molecular flexibility index (Phi) is 5.12. The van der Waals surface area contributed by atoms with Gasteiger partial charge < -0.3 is 10.2 Å². The van der Waals surface area contributed by atoms with Crippen LogP contribution in [0.3, 0.4) is 0 Å². The molecule has 0 bridgehead atoms. The van der Waals surface area contributed by atoms with Crippen molar-refractivity contribution in [1.82, 2.24) is 10.2 Å². The minimum Gasteiger partial charge on any atom is -0.341 e. The highest BCUT2D eigenvalue weighted by atomic mass is 19.1. The summed E-state index contributed by atoms with van der Waals surface area (Å²) in [6.07, 6.45) is 3.41. The van der Waals surface area contributed by atoms with Crippen LogP contribution < -0.4 is 5.32 Å². The number of carbonyl (C=O) groups excluding carboxylic acids is 1. The van der Waals surface area contributed by atoms with Crippen molar-refractivity contribution in [2.24, 2.45) is 0 Å². The summed E-state index contributed by atoms with van der Waals surface area (Å²) < 4.78 is 13.5. The van der Waals surface area contributed by atoms with E-state index in [2.05, 4.69) is 5.32 Å². The van der Waals surface area contributed by atoms with Gasteiger partial charge in [-0.05, 0) is 50.3 Å². The Balaban J connectivity index is 1.85. The molecule has 1 unspecified atom stereocenters. The molecule has 1 fully saturated rings. The largest absolute Gasteiger partial charge is 0.341 e. The number of hydrogen-bond donors (Lipinski definition) is 1. The third-order valence-corrected chi connectivity index (χ3v) is 3.89. The average Bonchev–Trinajstić information content (AvgIpc) is 2.48. The quantitative estimate of drug-likeness (QED) is 0.918. The van der Waals surface area contributed by atoms with Crippen molar-refractivity contribution >= 4 is 5.91 Å². The molecule has 1 heterocycles. The first-order chi connectivity index (χ1) is 9.58. The maximum Gasteiger partial charge on any atom is 0.239 e. The lowest BCUT2D eigenvalue weighted by Crippen LogP contribution is -2.46. The molecule has 1 aromatic carbocycles. The second kappa shape index (κ2) is 6.84. The van der Waals surface area contributed by atoms with Gasteiger partial charge in [0.25, 0.3) is 0 Å². The lowest BCUT2D eigenvalue weighted by atomic mass is 10.1. The molecule has 1 saturated heterocycles. The number of nitrogens with one attached hydrogen (secondary N) is 1. The molecule has 1 aliphatic heterocycles. The highest BCUT2D eigenvalue weighted by Crippen LogP contribution is 2.11. The van der Waals surface area contributed by atoms with Crippen LogP contribution in [0.2, 0.25) is 0 Å². The molecule has 1 N–H and O–H groups in total. The van der Waals surface area contributed by atoms with Gasteiger partial charge in [-0.25, -0.2) is 4.39 Å². The number of halogens is 1. The summed E-state index contributed by atoms with van der Waals surface area (Å²) in [7, 11) is 0. The first kappa shape index (κ1) is 15.0. The number of piperidine rings is 1. The van der Waals surface area contributed by atoms with Crippen LogP contribution in [0.4, 0.5) is 4.39 Å². The van der Waals surface area contributed by atoms with Gasteiger partial charge in [0.15, 0.2) is 0 Å². The smallest absolute Gasteiger partial charge is 0.239 e. The number of amides is 1. The SMILES string of the molecule is Cc1ccc(CNC(C)C(=O)N2CCCCC2)cc1F. The minimum atomic E-state index is -0.225. The van der Waals surface area contributed by atoms with E-state index in [0.29, 0.717) is 12.1 Å². The number of nitrogens with zero attached hydrogens (tertiary/aromatic N) is 1. The molecule has 4 heteroatoms. The molecule has 110 valence electrons. The van der Waals surface area contributed by atoms with Crippen molar-refractivity contribution in [2.45, 2.75) is 45.7 Å². The first-order valence-electron chi connectivity index (χ1n) is 7.35. The number of benzene rings is 1. The van der Waals surface area contributed by atoms with E-state index in [0.717, 1.165) is 31.5 Å². The second-order valence-electron chi connectivity index (χ2n) is 5.57. The second-order valence-corrected chi connectivity index (χ2v) is 5.57. The summed E-state index contributed by atoms with van der Waals surface area (Å²) in [4.78, 5) is 14.2. The zero-order valence-electron chi connectivity index (χ0n) is 12.3. The van der Waals surface area contributed by atoms with Crippen LogP contribution >= 0.6 is 0 Å². The molecule has 0 saturated carbocycles. The fourth-order valence-electron chi connectivity index (χ4n) is 2.49. The van der Waals surface area contributed by atoms with Crippen LogP contribution in [0.1, 0.15) is 37.3 Å². The molecule has 1 aliphatic rings. The highest BCUT2D eigenvalue weighted by molar-refractivity contribution is 5.81. The zero-order chi connectivity index (χ0) is 14.5. The minimum absolute atomic E-state index is 0.150. The standard InChI is InChI=1S/C16H23FN2O/c1-12-6-7-14(10-15(12)17)11-18-13(2)16(20)19-8-4-3-5-9-19/h6-7,10,13,18H,3-5,8-9,11H2,1-2H3. The third kappa shape index (κ3) is 3.79. The Morgan fingerprint density at radius 3 is 2.70 bits per heavy atom. The fourth-order valence-corrected chi connectivity index (χ4v) is 2.49. The van der Waals surface area contributed by atoms with E-state index in [1.807, 2.05) is 17.9 Å². The molecule has 20 heavy (non-hydrogen) atoms. The summed E-state index contributed by atoms with van der Waals surface area (Å²) >= 11 is 0. The summed E-state index contributed by atoms with van der Waals surface area (Å²) in [5.74, 6) is -0.0448. The Morgan fingerprint density at radius 1 is 1.35 bits per heavy atom. The van der Waals surface area contributed by atoms with Gasteiger partial charge >= 0.3 is 0 Å². The number of hydrogen-bond acceptors (Lipinski definition) is 2. The number of rotatable bonds is 4. The van der Waals surface area contributed by atoms with Crippen molar-refractivity contribution in [3.8, 4) is 0 Å². The van der Waals surface area contributed by atoms with E-state index >= 15 is 0 Å². The van der Waals surface area contributed by atoms with Gasteiger partial charge in [-0.3, -0.25) is 4.79 Å². The Labute approximate surface area is 120 Å². The van der Waals surface area contributed by atoms with Crippen molar-refractivity contribution in [3.05, 3.63) is 35.1 Å². The predicted octanol–water partition coefficient (Wildman–Crippen LogP) is 2.62. The van der Waals surface area contributed by atoms with Crippen LogP contribution in [0.25, 0.3) is 0 Å². The van der Waals surface area contributed by atoms with Gasteiger partial charge in [-0.1, -0.05) is 12.1 Å². The Bertz CT molecular complexity index is 470. The molecule has 0 aromatic heterocycles. The molecule has 0 spiro atoms. The van der Waals surface area contributed by atoms with Crippen LogP contribution in [-0.4, -0.2) is 29.9 Å². The normalized spacial score (nSPS) is 17.1. The number of aryl methyl sites for hydroxylation is 1. The summed E-state index contributed by atoms with van der Waals surface area (Å²) in [6, 6.07) is 4.96. The van der Waals surface area contributed by atoms with Gasteiger partial charge in [0, 0.05) is 19.6 Å². The van der Waals surface area contributed by atoms with Crippen LogP contribution in [0.5, 0.6) is 0 Å². The van der Waals surface area contributed by atoms with E-state index in [9.17, 15) is 9.18 Å². The van der Waals surface area contributed by atoms with Gasteiger partial charge in [-0.15, -0.1) is 0 Å². The van der Waals surface area contributed by atoms with E-state index in [4.69, 9.17) is 0 Å². The maximum atomic E-state index is 13.5. The predicted molar refractivity (Wildman–Crippen MR) is 77.9 cm³/mol. The van der Waals surface area contributed by atoms with Gasteiger partial charge in [0.1, 0.15) is 5.82 Å². The molecular weight excluding hydrogens is 255 g/mol. The van der Waals surface area contributed by atoms with E-state index in [-0.39, 0.29) is 17.8 Å². The van der Waals surface area contributed by atoms with Gasteiger partial charge in [-0.2, -0.15) is 0 Å². The molecule has 1 aromatic rings. The third-order valence-electron chi connectivity index (χ3n) is 3.89. The molecule has 1 amide bonds. The molecule has 3 nitrogen and oxygen atoms in total. The summed E-state index contributed by atoms with van der Waals surface area (Å²) in [5, 5.41) is 3.18. The van der Waals surface area contributed by atoms with E-state index in [1.54, 1.807) is 13.0 Å². The van der Waals surface area contributed by atoms with Gasteiger partial charge in [0.2, 0.25) is 5.91 Å². The van der Waals surface area contributed by atoms with E-state index < -0.39 is 0 Å². The number of carbonyl (C=O) groups is 1. The molecule has 1 atom stereocenters. The van der Waals surface area contributed by atoms with Crippen molar-refractivity contribution in [3.63, 3.8) is 0 Å². The van der Waals surface area contributed by atoms with Crippen molar-refractivity contribution in [2.75, 3.05) is 13.1 Å². The van der Waals surface area contributed by atoms with Crippen LogP contribution in [-0.2, 0) is 11.3 Å². The zero-order valence-corrected chi connectivity index (χ0v) is 12.3. The average molecular weight is 278 g/mol. The molecule has 0 aliphatic carbocycles. The maximum absolute atomic E-state index is 13.5. The monoisotopic (exact) mass is 278 g/mol. The van der Waals surface area contributed by atoms with Crippen LogP contribution in [0, 0.1) is 12.7 Å². The number of likely N-dealkylation sites (tertiary alicyclic amines) is 1. The van der Waals surface area contributed by atoms with Crippen molar-refractivity contribution < 1.29 is 9.18 Å². The van der Waals surface area contributed by atoms with Gasteiger partial charge in [0.05, 0.1) is 6.04 Å². The van der Waals surface area contributed by atoms with E-state index in [1.165, 1.54) is 12.5 Å². The lowest BCUT2D eigenvalue weighted by molar-refractivity contribution is -0.133. The summed E-state index contributed by atoms with van der Waals surface area (Å²) in [6.45, 7) is 5.86. The van der Waals surface area contributed by atoms with Crippen molar-refractivity contribution in [1.29, 1.82) is 0 Å². The topological polar surface area (TPSA) is 32.3 Å². The highest BCUT2D eigenvalue weighted by Gasteiger charge is 2.21. The first-order valence-corrected chi connectivity index (χ1v) is 7.35. The lowest BCUT2D eigenvalue weighted by Gasteiger charge is -2.29.